The quantitative estimate of drug-likeness (QED) is 0.724. The number of aromatic amines is 1. The summed E-state index contributed by atoms with van der Waals surface area (Å²) in [6.45, 7) is 6.47. The van der Waals surface area contributed by atoms with Gasteiger partial charge in [-0.15, -0.1) is 0 Å². The van der Waals surface area contributed by atoms with Crippen molar-refractivity contribution >= 4 is 11.9 Å². The molecular weight excluding hydrogens is 377 g/mol. The summed E-state index contributed by atoms with van der Waals surface area (Å²) < 4.78 is 23.6. The van der Waals surface area contributed by atoms with Crippen LogP contribution in [0.4, 0.5) is 4.39 Å². The van der Waals surface area contributed by atoms with Crippen molar-refractivity contribution in [1.29, 1.82) is 0 Å². The third-order valence-electron chi connectivity index (χ3n) is 5.25. The predicted molar refractivity (Wildman–Crippen MR) is 105 cm³/mol. The lowest BCUT2D eigenvalue weighted by Crippen LogP contribution is -2.44. The van der Waals surface area contributed by atoms with Crippen LogP contribution in [0.5, 0.6) is 0 Å². The van der Waals surface area contributed by atoms with Crippen molar-refractivity contribution < 1.29 is 23.5 Å². The number of hydrogen-bond donors (Lipinski definition) is 2. The zero-order valence-electron chi connectivity index (χ0n) is 16.9. The molecule has 1 atom stereocenters. The standard InChI is InChI=1S/C21H26FN3O4/c1-13-18(21(27)28-3)14(2)24-19(13)20(26)23-12-17(25-8-10-29-11-9-25)15-4-6-16(22)7-5-15/h4-7,17,24H,8-12H2,1-3H3,(H,23,26)/t17-/m1/s1. The second-order valence-corrected chi connectivity index (χ2v) is 7.04. The van der Waals surface area contributed by atoms with Crippen LogP contribution >= 0.6 is 0 Å². The van der Waals surface area contributed by atoms with E-state index in [0.717, 1.165) is 18.7 Å². The number of benzene rings is 1. The zero-order chi connectivity index (χ0) is 21.0. The summed E-state index contributed by atoms with van der Waals surface area (Å²) in [6.07, 6.45) is 0. The molecule has 2 heterocycles. The van der Waals surface area contributed by atoms with Crippen molar-refractivity contribution in [1.82, 2.24) is 15.2 Å². The van der Waals surface area contributed by atoms with E-state index >= 15 is 0 Å². The lowest BCUT2D eigenvalue weighted by Gasteiger charge is -2.35. The minimum absolute atomic E-state index is 0.111. The van der Waals surface area contributed by atoms with E-state index in [1.807, 2.05) is 0 Å². The molecule has 0 radical (unpaired) electrons. The number of hydrogen-bond acceptors (Lipinski definition) is 5. The topological polar surface area (TPSA) is 83.7 Å². The van der Waals surface area contributed by atoms with Gasteiger partial charge in [-0.3, -0.25) is 9.69 Å². The highest BCUT2D eigenvalue weighted by Gasteiger charge is 2.26. The number of nitrogens with zero attached hydrogens (tertiary/aromatic N) is 1. The van der Waals surface area contributed by atoms with Crippen LogP contribution in [0.3, 0.4) is 0 Å². The molecule has 2 aromatic rings. The number of amides is 1. The highest BCUT2D eigenvalue weighted by atomic mass is 19.1. The van der Waals surface area contributed by atoms with Gasteiger partial charge >= 0.3 is 5.97 Å². The largest absolute Gasteiger partial charge is 0.465 e. The van der Waals surface area contributed by atoms with Crippen molar-refractivity contribution in [2.24, 2.45) is 0 Å². The molecule has 2 N–H and O–H groups in total. The number of nitrogens with one attached hydrogen (secondary N) is 2. The Hall–Kier alpha value is -2.71. The van der Waals surface area contributed by atoms with E-state index in [0.29, 0.717) is 42.3 Å². The Kier molecular flexibility index (Phi) is 6.66. The number of H-pyrrole nitrogens is 1. The van der Waals surface area contributed by atoms with Crippen molar-refractivity contribution in [3.63, 3.8) is 0 Å². The summed E-state index contributed by atoms with van der Waals surface area (Å²) >= 11 is 0. The van der Waals surface area contributed by atoms with Crippen LogP contribution in [0.2, 0.25) is 0 Å². The molecule has 156 valence electrons. The van der Waals surface area contributed by atoms with Crippen molar-refractivity contribution in [2.45, 2.75) is 19.9 Å². The Balaban J connectivity index is 1.78. The van der Waals surface area contributed by atoms with Gasteiger partial charge in [-0.1, -0.05) is 12.1 Å². The van der Waals surface area contributed by atoms with Gasteiger partial charge in [0.05, 0.1) is 31.9 Å². The first-order valence-corrected chi connectivity index (χ1v) is 9.55. The van der Waals surface area contributed by atoms with E-state index in [-0.39, 0.29) is 17.8 Å². The minimum atomic E-state index is -0.479. The summed E-state index contributed by atoms with van der Waals surface area (Å²) in [7, 11) is 1.31. The molecule has 1 aliphatic rings. The van der Waals surface area contributed by atoms with Crippen molar-refractivity contribution in [3.8, 4) is 0 Å². The van der Waals surface area contributed by atoms with E-state index in [1.54, 1.807) is 26.0 Å². The van der Waals surface area contributed by atoms with Crippen LogP contribution < -0.4 is 5.32 Å². The van der Waals surface area contributed by atoms with Crippen LogP contribution in [0, 0.1) is 19.7 Å². The number of halogens is 1. The van der Waals surface area contributed by atoms with Crippen LogP contribution in [0.1, 0.15) is 43.7 Å². The van der Waals surface area contributed by atoms with Gasteiger partial charge < -0.3 is 19.8 Å². The number of morpholine rings is 1. The number of esters is 1. The van der Waals surface area contributed by atoms with Gasteiger partial charge in [0.25, 0.3) is 5.91 Å². The monoisotopic (exact) mass is 403 g/mol. The number of carbonyl (C=O) groups excluding carboxylic acids is 2. The van der Waals surface area contributed by atoms with E-state index < -0.39 is 5.97 Å². The molecule has 1 amide bonds. The van der Waals surface area contributed by atoms with E-state index in [1.165, 1.54) is 19.2 Å². The SMILES string of the molecule is COC(=O)c1c(C)[nH]c(C(=O)NC[C@H](c2ccc(F)cc2)N2CCOCC2)c1C. The van der Waals surface area contributed by atoms with Crippen LogP contribution in [0.25, 0.3) is 0 Å². The van der Waals surface area contributed by atoms with Crippen LogP contribution in [0.15, 0.2) is 24.3 Å². The molecule has 8 heteroatoms. The summed E-state index contributed by atoms with van der Waals surface area (Å²) in [5, 5.41) is 2.95. The number of ether oxygens (including phenoxy) is 2. The third-order valence-corrected chi connectivity index (χ3v) is 5.25. The third kappa shape index (κ3) is 4.65. The maximum absolute atomic E-state index is 13.4. The molecule has 0 saturated carbocycles. The lowest BCUT2D eigenvalue weighted by molar-refractivity contribution is 0.0162. The second kappa shape index (κ2) is 9.19. The lowest BCUT2D eigenvalue weighted by atomic mass is 10.0. The fraction of sp³-hybridized carbons (Fsp3) is 0.429. The minimum Gasteiger partial charge on any atom is -0.465 e. The predicted octanol–water partition coefficient (Wildman–Crippen LogP) is 2.36. The fourth-order valence-corrected chi connectivity index (χ4v) is 3.69. The Labute approximate surface area is 169 Å². The van der Waals surface area contributed by atoms with E-state index in [2.05, 4.69) is 15.2 Å². The smallest absolute Gasteiger partial charge is 0.339 e. The average molecular weight is 403 g/mol. The normalized spacial score (nSPS) is 15.7. The number of methoxy groups -OCH3 is 1. The Morgan fingerprint density at radius 1 is 1.24 bits per heavy atom. The number of aromatic nitrogens is 1. The molecule has 1 fully saturated rings. The molecule has 29 heavy (non-hydrogen) atoms. The number of rotatable bonds is 6. The molecule has 0 bridgehead atoms. The first-order valence-electron chi connectivity index (χ1n) is 9.55. The van der Waals surface area contributed by atoms with E-state index in [9.17, 15) is 14.0 Å². The molecule has 1 aromatic carbocycles. The van der Waals surface area contributed by atoms with Gasteiger partial charge in [-0.2, -0.15) is 0 Å². The maximum Gasteiger partial charge on any atom is 0.339 e. The Morgan fingerprint density at radius 3 is 2.52 bits per heavy atom. The molecule has 7 nitrogen and oxygen atoms in total. The molecule has 0 unspecified atom stereocenters. The molecule has 1 aliphatic heterocycles. The van der Waals surface area contributed by atoms with Gasteiger partial charge in [0.1, 0.15) is 11.5 Å². The Bertz CT molecular complexity index is 873. The highest BCUT2D eigenvalue weighted by molar-refractivity contribution is 6.00. The average Bonchev–Trinajstić information content (AvgIpc) is 3.03. The molecular formula is C21H26FN3O4. The summed E-state index contributed by atoms with van der Waals surface area (Å²) in [5.41, 5.74) is 2.77. The van der Waals surface area contributed by atoms with Gasteiger partial charge in [0.15, 0.2) is 0 Å². The molecule has 0 spiro atoms. The van der Waals surface area contributed by atoms with Gasteiger partial charge in [0.2, 0.25) is 0 Å². The Morgan fingerprint density at radius 2 is 1.90 bits per heavy atom. The first-order chi connectivity index (χ1) is 13.9. The van der Waals surface area contributed by atoms with E-state index in [4.69, 9.17) is 9.47 Å². The van der Waals surface area contributed by atoms with Gasteiger partial charge in [0, 0.05) is 25.3 Å². The van der Waals surface area contributed by atoms with Crippen molar-refractivity contribution in [2.75, 3.05) is 40.0 Å². The molecule has 1 aromatic heterocycles. The van der Waals surface area contributed by atoms with Crippen LogP contribution in [-0.2, 0) is 9.47 Å². The summed E-state index contributed by atoms with van der Waals surface area (Å²) in [4.78, 5) is 30.0. The maximum atomic E-state index is 13.4. The summed E-state index contributed by atoms with van der Waals surface area (Å²) in [6, 6.07) is 6.21. The van der Waals surface area contributed by atoms with Gasteiger partial charge in [-0.05, 0) is 37.1 Å². The number of carbonyl (C=O) groups is 2. The first kappa shape index (κ1) is 21.0. The van der Waals surface area contributed by atoms with Crippen LogP contribution in [-0.4, -0.2) is 61.7 Å². The molecule has 1 saturated heterocycles. The molecule has 3 rings (SSSR count). The fourth-order valence-electron chi connectivity index (χ4n) is 3.69. The zero-order valence-corrected chi connectivity index (χ0v) is 16.9. The highest BCUT2D eigenvalue weighted by Crippen LogP contribution is 2.23. The summed E-state index contributed by atoms with van der Waals surface area (Å²) in [5.74, 6) is -1.08. The van der Waals surface area contributed by atoms with Gasteiger partial charge in [-0.25, -0.2) is 9.18 Å². The second-order valence-electron chi connectivity index (χ2n) is 7.04. The number of aryl methyl sites for hydroxylation is 1. The molecule has 0 aliphatic carbocycles. The van der Waals surface area contributed by atoms with Crippen molar-refractivity contribution in [3.05, 3.63) is 58.2 Å².